The van der Waals surface area contributed by atoms with Gasteiger partial charge in [0.2, 0.25) is 0 Å². The van der Waals surface area contributed by atoms with E-state index < -0.39 is 12.0 Å². The van der Waals surface area contributed by atoms with Crippen LogP contribution in [0.1, 0.15) is 18.5 Å². The molecule has 1 rings (SSSR count). The van der Waals surface area contributed by atoms with Gasteiger partial charge in [-0.25, -0.2) is 0 Å². The number of nitrogens with one attached hydrogen (secondary N) is 1. The molecule has 0 bridgehead atoms. The lowest BCUT2D eigenvalue weighted by Crippen LogP contribution is -2.39. The first-order valence-electron chi connectivity index (χ1n) is 4.89. The minimum absolute atomic E-state index is 0.0219. The fraction of sp³-hybridized carbons (Fsp3) is 0.364. The van der Waals surface area contributed by atoms with Crippen LogP contribution in [0, 0.1) is 0 Å². The van der Waals surface area contributed by atoms with Crippen molar-refractivity contribution in [3.05, 3.63) is 35.9 Å². The molecule has 0 aliphatic carbocycles. The van der Waals surface area contributed by atoms with Gasteiger partial charge >= 0.3 is 5.97 Å². The number of carbonyl (C=O) groups is 1. The van der Waals surface area contributed by atoms with Crippen molar-refractivity contribution in [1.82, 2.24) is 5.32 Å². The first-order chi connectivity index (χ1) is 7.15. The van der Waals surface area contributed by atoms with Gasteiger partial charge in [-0.05, 0) is 12.5 Å². The van der Waals surface area contributed by atoms with Crippen molar-refractivity contribution in [2.24, 2.45) is 5.73 Å². The van der Waals surface area contributed by atoms with E-state index in [0.717, 1.165) is 5.56 Å². The Morgan fingerprint density at radius 1 is 1.47 bits per heavy atom. The zero-order valence-electron chi connectivity index (χ0n) is 8.68. The van der Waals surface area contributed by atoms with Gasteiger partial charge in [-0.1, -0.05) is 30.3 Å². The average Bonchev–Trinajstić information content (AvgIpc) is 2.26. The number of benzene rings is 1. The Hall–Kier alpha value is -1.39. The van der Waals surface area contributed by atoms with Crippen molar-refractivity contribution < 1.29 is 9.90 Å². The van der Waals surface area contributed by atoms with Gasteiger partial charge < -0.3 is 10.8 Å². The fourth-order valence-electron chi connectivity index (χ4n) is 1.31. The van der Waals surface area contributed by atoms with Crippen LogP contribution in [0.3, 0.4) is 0 Å². The second-order valence-electron chi connectivity index (χ2n) is 3.49. The van der Waals surface area contributed by atoms with Crippen LogP contribution in [0.5, 0.6) is 0 Å². The monoisotopic (exact) mass is 208 g/mol. The maximum atomic E-state index is 11.0. The van der Waals surface area contributed by atoms with Gasteiger partial charge in [0.15, 0.2) is 0 Å². The Balaban J connectivity index is 2.80. The van der Waals surface area contributed by atoms with E-state index in [0.29, 0.717) is 6.54 Å². The third-order valence-corrected chi connectivity index (χ3v) is 2.18. The van der Waals surface area contributed by atoms with Crippen LogP contribution in [-0.2, 0) is 4.79 Å². The summed E-state index contributed by atoms with van der Waals surface area (Å²) in [4.78, 5) is 11.0. The number of nitrogens with two attached hydrogens (primary N) is 1. The third kappa shape index (κ3) is 3.34. The summed E-state index contributed by atoms with van der Waals surface area (Å²) in [6.07, 6.45) is 0. The summed E-state index contributed by atoms with van der Waals surface area (Å²) in [6, 6.07) is 8.36. The van der Waals surface area contributed by atoms with Gasteiger partial charge in [-0.3, -0.25) is 10.1 Å². The number of carboxylic acids is 1. The van der Waals surface area contributed by atoms with Crippen molar-refractivity contribution in [2.45, 2.75) is 19.0 Å². The topological polar surface area (TPSA) is 75.3 Å². The molecule has 0 spiro atoms. The minimum atomic E-state index is -0.887. The van der Waals surface area contributed by atoms with E-state index in [4.69, 9.17) is 10.8 Å². The molecule has 4 nitrogen and oxygen atoms in total. The van der Waals surface area contributed by atoms with Crippen molar-refractivity contribution in [1.29, 1.82) is 0 Å². The van der Waals surface area contributed by atoms with Crippen molar-refractivity contribution >= 4 is 5.97 Å². The van der Waals surface area contributed by atoms with E-state index in [1.165, 1.54) is 0 Å². The maximum Gasteiger partial charge on any atom is 0.325 e. The molecule has 1 aromatic rings. The molecule has 1 aromatic carbocycles. The summed E-state index contributed by atoms with van der Waals surface area (Å²) in [6.45, 7) is 2.27. The second kappa shape index (κ2) is 5.48. The first kappa shape index (κ1) is 11.7. The summed E-state index contributed by atoms with van der Waals surface area (Å²) in [5.41, 5.74) is 6.18. The molecule has 0 saturated heterocycles. The number of carboxylic acid groups (broad SMARTS) is 1. The highest BCUT2D eigenvalue weighted by Gasteiger charge is 2.20. The summed E-state index contributed by atoms with van der Waals surface area (Å²) >= 11 is 0. The molecule has 4 N–H and O–H groups in total. The maximum absolute atomic E-state index is 11.0. The van der Waals surface area contributed by atoms with Gasteiger partial charge in [-0.2, -0.15) is 0 Å². The molecular weight excluding hydrogens is 192 g/mol. The highest BCUT2D eigenvalue weighted by molar-refractivity contribution is 5.75. The normalized spacial score (nSPS) is 14.5. The summed E-state index contributed by atoms with van der Waals surface area (Å²) in [7, 11) is 0. The van der Waals surface area contributed by atoms with E-state index in [1.54, 1.807) is 12.1 Å². The van der Waals surface area contributed by atoms with E-state index in [9.17, 15) is 4.79 Å². The lowest BCUT2D eigenvalue weighted by Gasteiger charge is -2.19. The molecule has 0 amide bonds. The molecule has 0 heterocycles. The molecule has 2 unspecified atom stereocenters. The number of aliphatic carboxylic acids is 1. The van der Waals surface area contributed by atoms with Crippen LogP contribution in [0.15, 0.2) is 30.3 Å². The van der Waals surface area contributed by atoms with E-state index in [2.05, 4.69) is 5.32 Å². The largest absolute Gasteiger partial charge is 0.480 e. The Morgan fingerprint density at radius 2 is 2.07 bits per heavy atom. The summed E-state index contributed by atoms with van der Waals surface area (Å²) in [5, 5.41) is 12.0. The van der Waals surface area contributed by atoms with Crippen LogP contribution in [0.2, 0.25) is 0 Å². The van der Waals surface area contributed by atoms with Gasteiger partial charge in [0, 0.05) is 12.6 Å². The molecule has 2 atom stereocenters. The SMILES string of the molecule is CC(CN)NC(C(=O)O)c1ccccc1. The molecule has 0 saturated carbocycles. The molecule has 4 heteroatoms. The predicted octanol–water partition coefficient (Wildman–Crippen LogP) is 0.749. The third-order valence-electron chi connectivity index (χ3n) is 2.18. The standard InChI is InChI=1S/C11H16N2O2/c1-8(7-12)13-10(11(14)15)9-5-3-2-4-6-9/h2-6,8,10,13H,7,12H2,1H3,(H,14,15). The van der Waals surface area contributed by atoms with Crippen LogP contribution >= 0.6 is 0 Å². The van der Waals surface area contributed by atoms with E-state index >= 15 is 0 Å². The predicted molar refractivity (Wildman–Crippen MR) is 58.5 cm³/mol. The Kier molecular flexibility index (Phi) is 4.27. The molecule has 0 fully saturated rings. The summed E-state index contributed by atoms with van der Waals surface area (Å²) in [5.74, 6) is -0.887. The zero-order chi connectivity index (χ0) is 11.3. The van der Waals surface area contributed by atoms with Crippen LogP contribution in [-0.4, -0.2) is 23.7 Å². The Bertz CT molecular complexity index is 314. The molecule has 0 aliphatic heterocycles. The number of hydrogen-bond acceptors (Lipinski definition) is 3. The van der Waals surface area contributed by atoms with Crippen LogP contribution in [0.25, 0.3) is 0 Å². The van der Waals surface area contributed by atoms with Gasteiger partial charge in [0.05, 0.1) is 0 Å². The Morgan fingerprint density at radius 3 is 2.53 bits per heavy atom. The van der Waals surface area contributed by atoms with Crippen molar-refractivity contribution in [3.8, 4) is 0 Å². The van der Waals surface area contributed by atoms with Crippen LogP contribution < -0.4 is 11.1 Å². The smallest absolute Gasteiger partial charge is 0.325 e. The Labute approximate surface area is 89.1 Å². The average molecular weight is 208 g/mol. The highest BCUT2D eigenvalue weighted by atomic mass is 16.4. The lowest BCUT2D eigenvalue weighted by molar-refractivity contribution is -0.139. The van der Waals surface area contributed by atoms with Gasteiger partial charge in [-0.15, -0.1) is 0 Å². The van der Waals surface area contributed by atoms with E-state index in [-0.39, 0.29) is 6.04 Å². The molecule has 0 radical (unpaired) electrons. The van der Waals surface area contributed by atoms with Crippen molar-refractivity contribution in [2.75, 3.05) is 6.54 Å². The molecule has 0 aromatic heterocycles. The second-order valence-corrected chi connectivity index (χ2v) is 3.49. The zero-order valence-corrected chi connectivity index (χ0v) is 8.68. The minimum Gasteiger partial charge on any atom is -0.480 e. The highest BCUT2D eigenvalue weighted by Crippen LogP contribution is 2.13. The molecule has 82 valence electrons. The number of rotatable bonds is 5. The number of hydrogen-bond donors (Lipinski definition) is 3. The quantitative estimate of drug-likeness (QED) is 0.667. The molecule has 0 aliphatic rings. The lowest BCUT2D eigenvalue weighted by atomic mass is 10.1. The van der Waals surface area contributed by atoms with Gasteiger partial charge in [0.25, 0.3) is 0 Å². The van der Waals surface area contributed by atoms with Crippen LogP contribution in [0.4, 0.5) is 0 Å². The van der Waals surface area contributed by atoms with E-state index in [1.807, 2.05) is 25.1 Å². The summed E-state index contributed by atoms with van der Waals surface area (Å²) < 4.78 is 0. The molecular formula is C11H16N2O2. The molecule has 15 heavy (non-hydrogen) atoms. The van der Waals surface area contributed by atoms with Crippen molar-refractivity contribution in [3.63, 3.8) is 0 Å². The van der Waals surface area contributed by atoms with Gasteiger partial charge in [0.1, 0.15) is 6.04 Å². The first-order valence-corrected chi connectivity index (χ1v) is 4.89. The fourth-order valence-corrected chi connectivity index (χ4v) is 1.31.